The van der Waals surface area contributed by atoms with Crippen molar-refractivity contribution in [3.8, 4) is 0 Å². The molecule has 0 radical (unpaired) electrons. The minimum absolute atomic E-state index is 0.108. The van der Waals surface area contributed by atoms with E-state index in [1.165, 1.54) is 12.1 Å². The Bertz CT molecular complexity index is 621. The fourth-order valence-electron chi connectivity index (χ4n) is 1.64. The molecule has 1 aromatic rings. The Hall–Kier alpha value is -1.93. The number of nitrogens with one attached hydrogen (secondary N) is 1. The van der Waals surface area contributed by atoms with Crippen molar-refractivity contribution in [1.82, 2.24) is 4.72 Å². The molecule has 21 heavy (non-hydrogen) atoms. The lowest BCUT2D eigenvalue weighted by Crippen LogP contribution is -2.42. The Morgan fingerprint density at radius 1 is 1.14 bits per heavy atom. The first kappa shape index (κ1) is 17.1. The molecule has 1 aromatic carbocycles. The van der Waals surface area contributed by atoms with Gasteiger partial charge in [0.05, 0.1) is 11.3 Å². The van der Waals surface area contributed by atoms with Crippen LogP contribution in [-0.4, -0.2) is 36.6 Å². The summed E-state index contributed by atoms with van der Waals surface area (Å²) < 4.78 is 26.0. The number of carboxylic acids is 2. The lowest BCUT2D eigenvalue weighted by atomic mass is 10.0. The largest absolute Gasteiger partial charge is 0.481 e. The maximum Gasteiger partial charge on any atom is 0.322 e. The Morgan fingerprint density at radius 3 is 2.05 bits per heavy atom. The summed E-state index contributed by atoms with van der Waals surface area (Å²) in [5.41, 5.74) is 0.939. The van der Waals surface area contributed by atoms with Crippen molar-refractivity contribution in [2.75, 3.05) is 0 Å². The van der Waals surface area contributed by atoms with Gasteiger partial charge >= 0.3 is 11.9 Å². The molecule has 7 nitrogen and oxygen atoms in total. The molecule has 3 N–H and O–H groups in total. The number of hydrogen-bond acceptors (Lipinski definition) is 4. The lowest BCUT2D eigenvalue weighted by Gasteiger charge is -2.13. The highest BCUT2D eigenvalue weighted by molar-refractivity contribution is 7.89. The second-order valence-electron chi connectivity index (χ2n) is 4.83. The highest BCUT2D eigenvalue weighted by Crippen LogP contribution is 2.17. The van der Waals surface area contributed by atoms with E-state index in [4.69, 9.17) is 10.2 Å². The van der Waals surface area contributed by atoms with Crippen LogP contribution in [0.1, 0.15) is 31.7 Å². The molecule has 116 valence electrons. The average molecular weight is 315 g/mol. The molecule has 0 heterocycles. The molecule has 0 amide bonds. The fraction of sp³-hybridized carbons (Fsp3) is 0.385. The summed E-state index contributed by atoms with van der Waals surface area (Å²) in [6, 6.07) is 4.27. The zero-order valence-corrected chi connectivity index (χ0v) is 12.4. The molecule has 0 fully saturated rings. The summed E-state index contributed by atoms with van der Waals surface area (Å²) in [4.78, 5) is 21.3. The summed E-state index contributed by atoms with van der Waals surface area (Å²) in [5.74, 6) is -2.71. The minimum Gasteiger partial charge on any atom is -0.481 e. The molecule has 0 aromatic heterocycles. The van der Waals surface area contributed by atoms with E-state index >= 15 is 0 Å². The summed E-state index contributed by atoms with van der Waals surface area (Å²) in [6.45, 7) is 3.91. The van der Waals surface area contributed by atoms with Gasteiger partial charge in [-0.1, -0.05) is 26.0 Å². The third kappa shape index (κ3) is 4.83. The first-order valence-electron chi connectivity index (χ1n) is 6.20. The van der Waals surface area contributed by atoms with Crippen molar-refractivity contribution in [3.05, 3.63) is 29.8 Å². The first-order valence-corrected chi connectivity index (χ1v) is 7.68. The van der Waals surface area contributed by atoms with Gasteiger partial charge in [-0.3, -0.25) is 9.59 Å². The lowest BCUT2D eigenvalue weighted by molar-refractivity contribution is -0.145. The van der Waals surface area contributed by atoms with Crippen LogP contribution in [0.3, 0.4) is 0 Å². The minimum atomic E-state index is -4.09. The van der Waals surface area contributed by atoms with Gasteiger partial charge in [-0.05, 0) is 23.6 Å². The van der Waals surface area contributed by atoms with E-state index in [0.717, 1.165) is 5.56 Å². The highest BCUT2D eigenvalue weighted by atomic mass is 32.2. The van der Waals surface area contributed by atoms with Crippen molar-refractivity contribution in [1.29, 1.82) is 0 Å². The molecule has 0 aliphatic rings. The molecule has 0 spiro atoms. The maximum atomic E-state index is 12.0. The number of benzene rings is 1. The molecule has 1 atom stereocenters. The van der Waals surface area contributed by atoms with Crippen LogP contribution in [-0.2, 0) is 19.6 Å². The van der Waals surface area contributed by atoms with Crippen LogP contribution < -0.4 is 4.72 Å². The second kappa shape index (κ2) is 6.68. The number of rotatable bonds is 7. The topological polar surface area (TPSA) is 121 Å². The summed E-state index contributed by atoms with van der Waals surface area (Å²) in [6.07, 6.45) is -0.835. The Labute approximate surface area is 122 Å². The van der Waals surface area contributed by atoms with Gasteiger partial charge in [-0.15, -0.1) is 0 Å². The molecular weight excluding hydrogens is 298 g/mol. The molecule has 1 rings (SSSR count). The van der Waals surface area contributed by atoms with Gasteiger partial charge in [0, 0.05) is 0 Å². The van der Waals surface area contributed by atoms with E-state index in [9.17, 15) is 18.0 Å². The van der Waals surface area contributed by atoms with E-state index < -0.39 is 34.4 Å². The number of hydrogen-bond donors (Lipinski definition) is 3. The Balaban J connectivity index is 2.98. The van der Waals surface area contributed by atoms with Gasteiger partial charge in [0.15, 0.2) is 0 Å². The van der Waals surface area contributed by atoms with E-state index in [-0.39, 0.29) is 10.8 Å². The van der Waals surface area contributed by atoms with E-state index in [1.54, 1.807) is 12.1 Å². The molecule has 0 saturated carbocycles. The Kier molecular flexibility index (Phi) is 5.45. The first-order chi connectivity index (χ1) is 9.63. The van der Waals surface area contributed by atoms with Gasteiger partial charge in [0.2, 0.25) is 10.0 Å². The third-order valence-electron chi connectivity index (χ3n) is 2.83. The number of sulfonamides is 1. The average Bonchev–Trinajstić information content (AvgIpc) is 2.37. The molecule has 0 aliphatic carbocycles. The number of aliphatic carboxylic acids is 2. The Morgan fingerprint density at radius 2 is 1.67 bits per heavy atom. The zero-order valence-electron chi connectivity index (χ0n) is 11.6. The number of carbonyl (C=O) groups is 2. The quantitative estimate of drug-likeness (QED) is 0.690. The van der Waals surface area contributed by atoms with Crippen LogP contribution in [0.2, 0.25) is 0 Å². The van der Waals surface area contributed by atoms with Crippen LogP contribution in [0.15, 0.2) is 29.2 Å². The predicted octanol–water partition coefficient (Wildman–Crippen LogP) is 1.02. The van der Waals surface area contributed by atoms with Crippen LogP contribution in [0.5, 0.6) is 0 Å². The molecule has 0 aliphatic heterocycles. The summed E-state index contributed by atoms with van der Waals surface area (Å²) >= 11 is 0. The van der Waals surface area contributed by atoms with Crippen molar-refractivity contribution in [2.24, 2.45) is 0 Å². The van der Waals surface area contributed by atoms with Gasteiger partial charge < -0.3 is 10.2 Å². The highest BCUT2D eigenvalue weighted by Gasteiger charge is 2.27. The van der Waals surface area contributed by atoms with Gasteiger partial charge in [0.1, 0.15) is 6.04 Å². The van der Waals surface area contributed by atoms with Crippen molar-refractivity contribution in [2.45, 2.75) is 37.1 Å². The molecule has 0 bridgehead atoms. The van der Waals surface area contributed by atoms with E-state index in [0.29, 0.717) is 0 Å². The third-order valence-corrected chi connectivity index (χ3v) is 4.32. The smallest absolute Gasteiger partial charge is 0.322 e. The van der Waals surface area contributed by atoms with Crippen LogP contribution in [0, 0.1) is 0 Å². The van der Waals surface area contributed by atoms with Crippen LogP contribution >= 0.6 is 0 Å². The van der Waals surface area contributed by atoms with Gasteiger partial charge in [0.25, 0.3) is 0 Å². The SMILES string of the molecule is CC(C)c1ccc(S(=O)(=O)N[C@H](CC(=O)O)C(=O)O)cc1. The van der Waals surface area contributed by atoms with E-state index in [2.05, 4.69) is 0 Å². The fourth-order valence-corrected chi connectivity index (χ4v) is 2.83. The summed E-state index contributed by atoms with van der Waals surface area (Å²) in [5, 5.41) is 17.5. The van der Waals surface area contributed by atoms with Gasteiger partial charge in [-0.2, -0.15) is 4.72 Å². The van der Waals surface area contributed by atoms with Crippen molar-refractivity contribution < 1.29 is 28.2 Å². The van der Waals surface area contributed by atoms with Crippen molar-refractivity contribution in [3.63, 3.8) is 0 Å². The maximum absolute atomic E-state index is 12.0. The standard InChI is InChI=1S/C13H17NO6S/c1-8(2)9-3-5-10(6-4-9)21(19,20)14-11(13(17)18)7-12(15)16/h3-6,8,11,14H,7H2,1-2H3,(H,15,16)(H,17,18)/t11-/m1/s1. The predicted molar refractivity (Wildman–Crippen MR) is 74.5 cm³/mol. The molecule has 0 unspecified atom stereocenters. The molecular formula is C13H17NO6S. The monoisotopic (exact) mass is 315 g/mol. The zero-order chi connectivity index (χ0) is 16.2. The van der Waals surface area contributed by atoms with Crippen molar-refractivity contribution >= 4 is 22.0 Å². The van der Waals surface area contributed by atoms with Crippen LogP contribution in [0.4, 0.5) is 0 Å². The molecule has 0 saturated heterocycles. The second-order valence-corrected chi connectivity index (χ2v) is 6.55. The number of carboxylic acid groups (broad SMARTS) is 2. The molecule has 8 heteroatoms. The van der Waals surface area contributed by atoms with E-state index in [1.807, 2.05) is 18.6 Å². The normalized spacial score (nSPS) is 13.1. The van der Waals surface area contributed by atoms with Gasteiger partial charge in [-0.25, -0.2) is 8.42 Å². The summed E-state index contributed by atoms with van der Waals surface area (Å²) in [7, 11) is -4.09. The van der Waals surface area contributed by atoms with Crippen LogP contribution in [0.25, 0.3) is 0 Å².